The van der Waals surface area contributed by atoms with Gasteiger partial charge in [0.05, 0.1) is 0 Å². The molecule has 45 heavy (non-hydrogen) atoms. The number of hydrogen-bond donors (Lipinski definition) is 4. The lowest BCUT2D eigenvalue weighted by Crippen LogP contribution is -2.57. The second-order valence-electron chi connectivity index (χ2n) is 12.1. The number of rotatable bonds is 14. The Morgan fingerprint density at radius 3 is 1.80 bits per heavy atom. The number of carbonyl (C=O) groups is 5. The molecule has 4 N–H and O–H groups in total. The predicted molar refractivity (Wildman–Crippen MR) is 180 cm³/mol. The number of nitrogens with one attached hydrogen (secondary N) is 4. The van der Waals surface area contributed by atoms with Gasteiger partial charge in [0, 0.05) is 24.6 Å². The predicted octanol–water partition coefficient (Wildman–Crippen LogP) is 4.03. The van der Waals surface area contributed by atoms with Gasteiger partial charge >= 0.3 is 0 Å². The lowest BCUT2D eigenvalue weighted by molar-refractivity contribution is -0.140. The number of benzene rings is 3. The van der Waals surface area contributed by atoms with Gasteiger partial charge < -0.3 is 21.3 Å². The second kappa shape index (κ2) is 15.8. The van der Waals surface area contributed by atoms with Crippen molar-refractivity contribution in [3.63, 3.8) is 0 Å². The Labute approximate surface area is 270 Å². The van der Waals surface area contributed by atoms with Gasteiger partial charge in [0.25, 0.3) is 5.91 Å². The molecule has 0 saturated carbocycles. The molecule has 9 heteroatoms. The molecular formula is C36H50N4O5. The SMILES string of the molecule is CC(C)C[C@H](NC(=O)[C@H](C)NC(=O)C1Cc2ccccc2C1)C(=O)N[C@@H](Cc1ccccc1)C(=O)C(=O)NCc1ccccc1.[HH].[HH].[HH].[HH]. The minimum atomic E-state index is -1.15. The zero-order valence-electron chi connectivity index (χ0n) is 26.0. The van der Waals surface area contributed by atoms with Crippen LogP contribution in [-0.4, -0.2) is 47.5 Å². The Morgan fingerprint density at radius 1 is 0.689 bits per heavy atom. The van der Waals surface area contributed by atoms with E-state index in [1.165, 1.54) is 0 Å². The highest BCUT2D eigenvalue weighted by atomic mass is 16.2. The quantitative estimate of drug-likeness (QED) is 0.203. The third-order valence-electron chi connectivity index (χ3n) is 7.95. The van der Waals surface area contributed by atoms with Crippen LogP contribution in [0.2, 0.25) is 0 Å². The molecule has 4 amide bonds. The summed E-state index contributed by atoms with van der Waals surface area (Å²) in [7, 11) is 0. The zero-order chi connectivity index (χ0) is 32.3. The molecule has 0 radical (unpaired) electrons. The van der Waals surface area contributed by atoms with E-state index in [1.54, 1.807) is 6.92 Å². The van der Waals surface area contributed by atoms with Crippen LogP contribution >= 0.6 is 0 Å². The normalized spacial score (nSPS) is 14.5. The molecule has 0 aromatic heterocycles. The summed E-state index contributed by atoms with van der Waals surface area (Å²) < 4.78 is 0. The van der Waals surface area contributed by atoms with E-state index in [4.69, 9.17) is 0 Å². The number of carbonyl (C=O) groups excluding carboxylic acids is 5. The molecule has 1 aliphatic carbocycles. The summed E-state index contributed by atoms with van der Waals surface area (Å²) in [4.78, 5) is 66.0. The van der Waals surface area contributed by atoms with E-state index in [0.717, 1.165) is 22.3 Å². The molecule has 1 aliphatic rings. The molecule has 0 fully saturated rings. The van der Waals surface area contributed by atoms with E-state index >= 15 is 0 Å². The fourth-order valence-electron chi connectivity index (χ4n) is 5.50. The molecule has 4 rings (SSSR count). The highest BCUT2D eigenvalue weighted by Gasteiger charge is 2.33. The number of amides is 4. The molecule has 0 spiro atoms. The standard InChI is InChI=1S/C36H42N4O5.4H2/c1-23(2)18-31(40-33(42)24(3)38-34(43)29-20-27-16-10-11-17-28(27)21-29)35(44)39-30(19-25-12-6-4-7-13-25)32(41)36(45)37-22-26-14-8-5-9-15-26;;;;/h4-17,23-24,29-31H,18-22H2,1-3H3,(H,37,45)(H,38,43)(H,39,44)(H,40,42);4*1H/t24-,30-,31-;;;;/m0..../s1. The van der Waals surface area contributed by atoms with Gasteiger partial charge in [-0.2, -0.15) is 0 Å². The van der Waals surface area contributed by atoms with Gasteiger partial charge in [-0.1, -0.05) is 98.8 Å². The Morgan fingerprint density at radius 2 is 1.22 bits per heavy atom. The molecule has 244 valence electrons. The van der Waals surface area contributed by atoms with Crippen molar-refractivity contribution in [2.45, 2.75) is 71.1 Å². The van der Waals surface area contributed by atoms with Crippen molar-refractivity contribution in [2.75, 3.05) is 0 Å². The highest BCUT2D eigenvalue weighted by molar-refractivity contribution is 6.38. The Hall–Kier alpha value is -4.79. The smallest absolute Gasteiger partial charge is 0.289 e. The summed E-state index contributed by atoms with van der Waals surface area (Å²) in [6.07, 6.45) is 1.63. The van der Waals surface area contributed by atoms with Crippen molar-refractivity contribution in [3.05, 3.63) is 107 Å². The van der Waals surface area contributed by atoms with E-state index in [2.05, 4.69) is 21.3 Å². The maximum Gasteiger partial charge on any atom is 0.289 e. The summed E-state index contributed by atoms with van der Waals surface area (Å²) in [5, 5.41) is 10.9. The second-order valence-corrected chi connectivity index (χ2v) is 12.1. The van der Waals surface area contributed by atoms with Gasteiger partial charge in [0.1, 0.15) is 18.1 Å². The van der Waals surface area contributed by atoms with Gasteiger partial charge in [-0.3, -0.25) is 24.0 Å². The first-order chi connectivity index (χ1) is 21.6. The average molecular weight is 619 g/mol. The first-order valence-electron chi connectivity index (χ1n) is 15.5. The summed E-state index contributed by atoms with van der Waals surface area (Å²) in [5.74, 6) is -3.12. The van der Waals surface area contributed by atoms with Crippen LogP contribution in [0.25, 0.3) is 0 Å². The number of Topliss-reactive ketones (excluding diaryl/α,β-unsaturated/α-hetero) is 1. The molecule has 0 unspecified atom stereocenters. The molecule has 3 atom stereocenters. The molecule has 3 aromatic rings. The molecule has 9 nitrogen and oxygen atoms in total. The van der Waals surface area contributed by atoms with E-state index < -0.39 is 41.6 Å². The Bertz CT molecular complexity index is 1490. The van der Waals surface area contributed by atoms with Crippen LogP contribution in [-0.2, 0) is 49.8 Å². The van der Waals surface area contributed by atoms with Crippen LogP contribution in [0, 0.1) is 11.8 Å². The minimum absolute atomic E-state index is 0. The summed E-state index contributed by atoms with van der Waals surface area (Å²) in [6, 6.07) is 23.2. The van der Waals surface area contributed by atoms with Gasteiger partial charge in [0.15, 0.2) is 0 Å². The van der Waals surface area contributed by atoms with Crippen LogP contribution in [0.4, 0.5) is 0 Å². The van der Waals surface area contributed by atoms with Crippen LogP contribution < -0.4 is 21.3 Å². The zero-order valence-corrected chi connectivity index (χ0v) is 26.0. The average Bonchev–Trinajstić information content (AvgIpc) is 3.48. The Balaban J connectivity index is 0.00000576. The van der Waals surface area contributed by atoms with Crippen LogP contribution in [0.3, 0.4) is 0 Å². The topological polar surface area (TPSA) is 133 Å². The first-order valence-corrected chi connectivity index (χ1v) is 15.5. The summed E-state index contributed by atoms with van der Waals surface area (Å²) in [6.45, 7) is 5.58. The summed E-state index contributed by atoms with van der Waals surface area (Å²) in [5.41, 5.74) is 3.87. The third-order valence-corrected chi connectivity index (χ3v) is 7.95. The molecule has 3 aromatic carbocycles. The van der Waals surface area contributed by atoms with Gasteiger partial charge in [0.2, 0.25) is 23.5 Å². The maximum absolute atomic E-state index is 13.6. The van der Waals surface area contributed by atoms with Crippen molar-refractivity contribution in [2.24, 2.45) is 11.8 Å². The largest absolute Gasteiger partial charge is 0.345 e. The van der Waals surface area contributed by atoms with Crippen molar-refractivity contribution in [1.29, 1.82) is 0 Å². The number of hydrogen-bond acceptors (Lipinski definition) is 5. The molecular weight excluding hydrogens is 568 g/mol. The maximum atomic E-state index is 13.6. The lowest BCUT2D eigenvalue weighted by atomic mass is 9.99. The third kappa shape index (κ3) is 9.60. The van der Waals surface area contributed by atoms with Gasteiger partial charge in [-0.05, 0) is 54.4 Å². The first kappa shape index (κ1) is 33.1. The van der Waals surface area contributed by atoms with E-state index in [9.17, 15) is 24.0 Å². The Kier molecular flexibility index (Phi) is 11.6. The van der Waals surface area contributed by atoms with Gasteiger partial charge in [-0.15, -0.1) is 0 Å². The van der Waals surface area contributed by atoms with E-state index in [0.29, 0.717) is 19.3 Å². The monoisotopic (exact) mass is 618 g/mol. The van der Waals surface area contributed by atoms with Crippen LogP contribution in [0.15, 0.2) is 84.9 Å². The van der Waals surface area contributed by atoms with E-state index in [1.807, 2.05) is 98.8 Å². The van der Waals surface area contributed by atoms with Crippen molar-refractivity contribution in [3.8, 4) is 0 Å². The van der Waals surface area contributed by atoms with Gasteiger partial charge in [-0.25, -0.2) is 0 Å². The molecule has 0 aliphatic heterocycles. The van der Waals surface area contributed by atoms with Crippen molar-refractivity contribution >= 4 is 29.4 Å². The van der Waals surface area contributed by atoms with Crippen LogP contribution in [0.1, 0.15) is 55.2 Å². The molecule has 0 saturated heterocycles. The van der Waals surface area contributed by atoms with Crippen molar-refractivity contribution in [1.82, 2.24) is 21.3 Å². The lowest BCUT2D eigenvalue weighted by Gasteiger charge is -2.25. The fraction of sp³-hybridized carbons (Fsp3) is 0.361. The molecule has 0 bridgehead atoms. The van der Waals surface area contributed by atoms with Crippen LogP contribution in [0.5, 0.6) is 0 Å². The highest BCUT2D eigenvalue weighted by Crippen LogP contribution is 2.26. The van der Waals surface area contributed by atoms with E-state index in [-0.39, 0.29) is 36.4 Å². The number of fused-ring (bicyclic) bond motifs is 1. The molecule has 0 heterocycles. The minimum Gasteiger partial charge on any atom is -0.345 e. The van der Waals surface area contributed by atoms with Crippen molar-refractivity contribution < 1.29 is 29.7 Å². The fourth-order valence-corrected chi connectivity index (χ4v) is 5.50. The summed E-state index contributed by atoms with van der Waals surface area (Å²) >= 11 is 0. The number of ketones is 1.